The molecule has 24 heavy (non-hydrogen) atoms. The van der Waals surface area contributed by atoms with Gasteiger partial charge in [0.1, 0.15) is 6.10 Å². The lowest BCUT2D eigenvalue weighted by Crippen LogP contribution is -2.50. The van der Waals surface area contributed by atoms with Crippen LogP contribution in [-0.2, 0) is 14.3 Å². The van der Waals surface area contributed by atoms with Crippen LogP contribution in [0.4, 0.5) is 0 Å². The second kappa shape index (κ2) is 5.31. The average Bonchev–Trinajstić information content (AvgIpc) is 2.84. The summed E-state index contributed by atoms with van der Waals surface area (Å²) in [6, 6.07) is 0. The maximum absolute atomic E-state index is 11.8. The topological polar surface area (TPSA) is 43.4 Å². The number of rotatable bonds is 1. The lowest BCUT2D eigenvalue weighted by molar-refractivity contribution is -0.155. The van der Waals surface area contributed by atoms with Gasteiger partial charge in [0.05, 0.1) is 0 Å². The number of hydrogen-bond acceptors (Lipinski definition) is 3. The highest BCUT2D eigenvalue weighted by molar-refractivity contribution is 5.92. The molecule has 3 nitrogen and oxygen atoms in total. The molecule has 0 aromatic carbocycles. The molecule has 4 rings (SSSR count). The first-order valence-corrected chi connectivity index (χ1v) is 9.45. The monoisotopic (exact) mass is 328 g/mol. The SMILES string of the molecule is CC(=O)OC1CC[C@H]2[C@@H]3C=CC4=CC(=O)CC[C@]4(C)[C@H]3CC[C@]12C. The standard InChI is InChI=1S/C21H28O3/c1-13(22)24-19-7-6-17-16-5-4-14-12-15(23)8-10-20(14,2)18(16)9-11-21(17,19)3/h4-5,12,16-19H,6-11H2,1-3H3/t16-,17-,18-,19?,20-,21-/m0/s1. The van der Waals surface area contributed by atoms with E-state index < -0.39 is 0 Å². The van der Waals surface area contributed by atoms with Gasteiger partial charge in [-0.25, -0.2) is 0 Å². The van der Waals surface area contributed by atoms with Gasteiger partial charge in [0.2, 0.25) is 0 Å². The average molecular weight is 328 g/mol. The van der Waals surface area contributed by atoms with Gasteiger partial charge in [-0.2, -0.15) is 0 Å². The molecule has 4 aliphatic carbocycles. The van der Waals surface area contributed by atoms with Gasteiger partial charge in [-0.15, -0.1) is 0 Å². The molecule has 0 radical (unpaired) electrons. The van der Waals surface area contributed by atoms with Crippen molar-refractivity contribution in [1.82, 2.24) is 0 Å². The van der Waals surface area contributed by atoms with Gasteiger partial charge in [-0.1, -0.05) is 26.0 Å². The second-order valence-electron chi connectivity index (χ2n) is 8.85. The van der Waals surface area contributed by atoms with Crippen LogP contribution in [0.1, 0.15) is 59.3 Å². The van der Waals surface area contributed by atoms with Gasteiger partial charge in [-0.3, -0.25) is 9.59 Å². The van der Waals surface area contributed by atoms with Crippen LogP contribution in [-0.4, -0.2) is 17.9 Å². The van der Waals surface area contributed by atoms with Gasteiger partial charge in [0.25, 0.3) is 0 Å². The van der Waals surface area contributed by atoms with E-state index in [4.69, 9.17) is 4.74 Å². The second-order valence-corrected chi connectivity index (χ2v) is 8.85. The third-order valence-corrected chi connectivity index (χ3v) is 7.74. The van der Waals surface area contributed by atoms with E-state index in [1.54, 1.807) is 0 Å². The molecule has 0 amide bonds. The van der Waals surface area contributed by atoms with E-state index in [0.717, 1.165) is 25.7 Å². The summed E-state index contributed by atoms with van der Waals surface area (Å²) in [6.07, 6.45) is 12.7. The summed E-state index contributed by atoms with van der Waals surface area (Å²) in [6.45, 7) is 6.23. The summed E-state index contributed by atoms with van der Waals surface area (Å²) in [5, 5.41) is 0. The van der Waals surface area contributed by atoms with Crippen molar-refractivity contribution in [3.8, 4) is 0 Å². The third kappa shape index (κ3) is 2.16. The Bertz CT molecular complexity index is 645. The summed E-state index contributed by atoms with van der Waals surface area (Å²) in [5.74, 6) is 1.90. The summed E-state index contributed by atoms with van der Waals surface area (Å²) >= 11 is 0. The van der Waals surface area contributed by atoms with E-state index >= 15 is 0 Å². The smallest absolute Gasteiger partial charge is 0.302 e. The van der Waals surface area contributed by atoms with E-state index in [-0.39, 0.29) is 28.7 Å². The number of hydrogen-bond donors (Lipinski definition) is 0. The van der Waals surface area contributed by atoms with Gasteiger partial charge in [0.15, 0.2) is 5.78 Å². The summed E-state index contributed by atoms with van der Waals surface area (Å²) in [5.41, 5.74) is 1.51. The van der Waals surface area contributed by atoms with Crippen molar-refractivity contribution in [3.05, 3.63) is 23.8 Å². The zero-order valence-electron chi connectivity index (χ0n) is 15.0. The summed E-state index contributed by atoms with van der Waals surface area (Å²) < 4.78 is 5.69. The zero-order valence-corrected chi connectivity index (χ0v) is 15.0. The van der Waals surface area contributed by atoms with Crippen LogP contribution in [0.2, 0.25) is 0 Å². The fourth-order valence-corrected chi connectivity index (χ4v) is 6.34. The molecule has 0 spiro atoms. The fraction of sp³-hybridized carbons (Fsp3) is 0.714. The van der Waals surface area contributed by atoms with Gasteiger partial charge in [0, 0.05) is 18.8 Å². The Balaban J connectivity index is 1.67. The van der Waals surface area contributed by atoms with Gasteiger partial charge >= 0.3 is 5.97 Å². The zero-order chi connectivity index (χ0) is 17.1. The molecule has 2 fully saturated rings. The number of allylic oxidation sites excluding steroid dienone is 4. The Kier molecular flexibility index (Phi) is 3.56. The van der Waals surface area contributed by atoms with E-state index in [0.29, 0.717) is 24.2 Å². The molecule has 0 bridgehead atoms. The van der Waals surface area contributed by atoms with E-state index in [1.807, 2.05) is 6.08 Å². The first-order valence-electron chi connectivity index (χ1n) is 9.45. The van der Waals surface area contributed by atoms with Crippen molar-refractivity contribution in [2.75, 3.05) is 0 Å². The molecule has 1 unspecified atom stereocenters. The Hall–Kier alpha value is -1.38. The van der Waals surface area contributed by atoms with Crippen LogP contribution in [0.25, 0.3) is 0 Å². The van der Waals surface area contributed by atoms with Crippen LogP contribution in [0.3, 0.4) is 0 Å². The minimum atomic E-state index is -0.147. The highest BCUT2D eigenvalue weighted by Crippen LogP contribution is 2.64. The quantitative estimate of drug-likeness (QED) is 0.677. The van der Waals surface area contributed by atoms with Crippen molar-refractivity contribution in [1.29, 1.82) is 0 Å². The third-order valence-electron chi connectivity index (χ3n) is 7.74. The molecule has 2 saturated carbocycles. The van der Waals surface area contributed by atoms with Crippen molar-refractivity contribution < 1.29 is 14.3 Å². The number of ether oxygens (including phenoxy) is 1. The molecule has 0 aliphatic heterocycles. The Labute approximate surface area is 144 Å². The maximum Gasteiger partial charge on any atom is 0.302 e. The number of ketones is 1. The number of esters is 1. The lowest BCUT2D eigenvalue weighted by atomic mass is 9.49. The summed E-state index contributed by atoms with van der Waals surface area (Å²) in [7, 11) is 0. The first kappa shape index (κ1) is 16.1. The molecule has 4 aliphatic rings. The van der Waals surface area contributed by atoms with Crippen molar-refractivity contribution in [2.45, 2.75) is 65.4 Å². The Morgan fingerprint density at radius 1 is 1.17 bits per heavy atom. The molecule has 0 N–H and O–H groups in total. The molecule has 0 saturated heterocycles. The number of fused-ring (bicyclic) bond motifs is 5. The fourth-order valence-electron chi connectivity index (χ4n) is 6.34. The van der Waals surface area contributed by atoms with Crippen molar-refractivity contribution in [2.24, 2.45) is 28.6 Å². The van der Waals surface area contributed by atoms with E-state index in [2.05, 4.69) is 26.0 Å². The summed E-state index contributed by atoms with van der Waals surface area (Å²) in [4.78, 5) is 23.3. The lowest BCUT2D eigenvalue weighted by Gasteiger charge is -2.55. The minimum Gasteiger partial charge on any atom is -0.462 e. The van der Waals surface area contributed by atoms with E-state index in [9.17, 15) is 9.59 Å². The predicted molar refractivity (Wildman–Crippen MR) is 92.2 cm³/mol. The van der Waals surface area contributed by atoms with Crippen molar-refractivity contribution in [3.63, 3.8) is 0 Å². The van der Waals surface area contributed by atoms with Crippen LogP contribution < -0.4 is 0 Å². The first-order chi connectivity index (χ1) is 11.3. The highest BCUT2D eigenvalue weighted by atomic mass is 16.5. The van der Waals surface area contributed by atoms with E-state index in [1.165, 1.54) is 18.9 Å². The van der Waals surface area contributed by atoms with Crippen LogP contribution in [0.15, 0.2) is 23.8 Å². The maximum atomic E-state index is 11.8. The largest absolute Gasteiger partial charge is 0.462 e. The van der Waals surface area contributed by atoms with Crippen molar-refractivity contribution >= 4 is 11.8 Å². The number of carbonyl (C=O) groups excluding carboxylic acids is 2. The molecule has 0 aromatic heterocycles. The Morgan fingerprint density at radius 3 is 2.71 bits per heavy atom. The van der Waals surface area contributed by atoms with Gasteiger partial charge in [-0.05, 0) is 66.9 Å². The van der Waals surface area contributed by atoms with Crippen LogP contribution in [0.5, 0.6) is 0 Å². The van der Waals surface area contributed by atoms with Gasteiger partial charge < -0.3 is 4.74 Å². The molecule has 3 heteroatoms. The highest BCUT2D eigenvalue weighted by Gasteiger charge is 2.58. The molecular formula is C21H28O3. The number of carbonyl (C=O) groups is 2. The molecule has 130 valence electrons. The molecule has 6 atom stereocenters. The molecule has 0 heterocycles. The Morgan fingerprint density at radius 2 is 1.96 bits per heavy atom. The normalized spacial score (nSPS) is 46.6. The van der Waals surface area contributed by atoms with Crippen LogP contribution in [0, 0.1) is 28.6 Å². The molecular weight excluding hydrogens is 300 g/mol. The van der Waals surface area contributed by atoms with Crippen LogP contribution >= 0.6 is 0 Å². The minimum absolute atomic E-state index is 0.0760. The predicted octanol–water partition coefficient (Wildman–Crippen LogP) is 4.23. The molecule has 0 aromatic rings.